The molecule has 0 saturated heterocycles. The van der Waals surface area contributed by atoms with Gasteiger partial charge in [0, 0.05) is 16.9 Å². The third kappa shape index (κ3) is 2.54. The first-order valence-electron chi connectivity index (χ1n) is 5.74. The summed E-state index contributed by atoms with van der Waals surface area (Å²) < 4.78 is 27.2. The van der Waals surface area contributed by atoms with Gasteiger partial charge in [0.1, 0.15) is 11.6 Å². The minimum atomic E-state index is -1.26. The average Bonchev–Trinajstić information content (AvgIpc) is 2.37. The Morgan fingerprint density at radius 2 is 1.90 bits per heavy atom. The Morgan fingerprint density at radius 3 is 2.55 bits per heavy atom. The zero-order valence-electron chi connectivity index (χ0n) is 10.6. The van der Waals surface area contributed by atoms with Crippen molar-refractivity contribution >= 4 is 23.0 Å². The van der Waals surface area contributed by atoms with Crippen molar-refractivity contribution in [3.8, 4) is 0 Å². The third-order valence-electron chi connectivity index (χ3n) is 2.91. The molecule has 0 amide bonds. The second-order valence-corrected chi connectivity index (χ2v) is 4.26. The van der Waals surface area contributed by atoms with Crippen LogP contribution in [0.4, 0.5) is 25.8 Å². The minimum Gasteiger partial charge on any atom is -0.478 e. The van der Waals surface area contributed by atoms with Crippen LogP contribution in [0.25, 0.3) is 0 Å². The zero-order valence-corrected chi connectivity index (χ0v) is 10.6. The van der Waals surface area contributed by atoms with Crippen molar-refractivity contribution in [1.82, 2.24) is 0 Å². The summed E-state index contributed by atoms with van der Waals surface area (Å²) in [6.07, 6.45) is 0. The van der Waals surface area contributed by atoms with Crippen molar-refractivity contribution in [2.45, 2.75) is 6.92 Å². The SMILES string of the molecule is Cc1c(F)cccc1Nc1cc(C(=O)O)c(N)cc1F. The van der Waals surface area contributed by atoms with Crippen LogP contribution in [0.5, 0.6) is 0 Å². The number of hydrogen-bond acceptors (Lipinski definition) is 3. The molecule has 0 aliphatic heterocycles. The molecule has 2 aromatic carbocycles. The van der Waals surface area contributed by atoms with Crippen LogP contribution >= 0.6 is 0 Å². The molecule has 0 spiro atoms. The standard InChI is InChI=1S/C14H12F2N2O2/c1-7-9(15)3-2-4-12(7)18-13-5-8(14(19)20)11(17)6-10(13)16/h2-6,18H,17H2,1H3,(H,19,20). The van der Waals surface area contributed by atoms with Gasteiger partial charge < -0.3 is 16.2 Å². The number of carboxylic acids is 1. The van der Waals surface area contributed by atoms with E-state index in [1.807, 2.05) is 0 Å². The summed E-state index contributed by atoms with van der Waals surface area (Å²) in [7, 11) is 0. The van der Waals surface area contributed by atoms with Gasteiger partial charge >= 0.3 is 5.97 Å². The topological polar surface area (TPSA) is 75.3 Å². The molecule has 0 aromatic heterocycles. The van der Waals surface area contributed by atoms with Crippen LogP contribution in [0.3, 0.4) is 0 Å². The summed E-state index contributed by atoms with van der Waals surface area (Å²) in [4.78, 5) is 11.0. The van der Waals surface area contributed by atoms with E-state index in [2.05, 4.69) is 5.32 Å². The Bertz CT molecular complexity index is 687. The molecule has 0 saturated carbocycles. The molecule has 0 radical (unpaired) electrons. The molecule has 2 aromatic rings. The summed E-state index contributed by atoms with van der Waals surface area (Å²) >= 11 is 0. The quantitative estimate of drug-likeness (QED) is 0.753. The lowest BCUT2D eigenvalue weighted by atomic mass is 10.1. The monoisotopic (exact) mass is 278 g/mol. The molecule has 0 atom stereocenters. The molecule has 4 nitrogen and oxygen atoms in total. The number of carboxylic acid groups (broad SMARTS) is 1. The maximum absolute atomic E-state index is 13.8. The number of anilines is 3. The van der Waals surface area contributed by atoms with Gasteiger partial charge in [-0.1, -0.05) is 6.07 Å². The number of rotatable bonds is 3. The summed E-state index contributed by atoms with van der Waals surface area (Å²) in [5.41, 5.74) is 5.62. The predicted octanol–water partition coefficient (Wildman–Crippen LogP) is 3.30. The van der Waals surface area contributed by atoms with Gasteiger partial charge in [0.2, 0.25) is 0 Å². The van der Waals surface area contributed by atoms with Crippen molar-refractivity contribution in [2.75, 3.05) is 11.1 Å². The van der Waals surface area contributed by atoms with Crippen LogP contribution in [-0.2, 0) is 0 Å². The Hall–Kier alpha value is -2.63. The number of halogens is 2. The van der Waals surface area contributed by atoms with E-state index in [-0.39, 0.29) is 16.9 Å². The zero-order chi connectivity index (χ0) is 14.9. The van der Waals surface area contributed by atoms with Crippen LogP contribution in [0.15, 0.2) is 30.3 Å². The van der Waals surface area contributed by atoms with Crippen LogP contribution in [0.2, 0.25) is 0 Å². The number of benzene rings is 2. The molecule has 0 heterocycles. The Kier molecular flexibility index (Phi) is 3.56. The van der Waals surface area contributed by atoms with E-state index in [9.17, 15) is 13.6 Å². The molecule has 20 heavy (non-hydrogen) atoms. The van der Waals surface area contributed by atoms with Crippen LogP contribution < -0.4 is 11.1 Å². The van der Waals surface area contributed by atoms with Gasteiger partial charge in [-0.25, -0.2) is 13.6 Å². The smallest absolute Gasteiger partial charge is 0.337 e. The first-order valence-corrected chi connectivity index (χ1v) is 5.74. The Balaban J connectivity index is 2.46. The summed E-state index contributed by atoms with van der Waals surface area (Å²) in [6.45, 7) is 1.53. The van der Waals surface area contributed by atoms with E-state index in [0.717, 1.165) is 12.1 Å². The molecule has 0 aliphatic rings. The number of carbonyl (C=O) groups is 1. The first-order chi connectivity index (χ1) is 9.40. The minimum absolute atomic E-state index is 0.0784. The van der Waals surface area contributed by atoms with E-state index in [0.29, 0.717) is 11.3 Å². The fraction of sp³-hybridized carbons (Fsp3) is 0.0714. The highest BCUT2D eigenvalue weighted by molar-refractivity contribution is 5.95. The number of nitrogen functional groups attached to an aromatic ring is 1. The van der Waals surface area contributed by atoms with Gasteiger partial charge in [-0.05, 0) is 31.2 Å². The summed E-state index contributed by atoms with van der Waals surface area (Å²) in [6, 6.07) is 6.31. The van der Waals surface area contributed by atoms with Gasteiger partial charge in [-0.3, -0.25) is 0 Å². The molecule has 0 unspecified atom stereocenters. The van der Waals surface area contributed by atoms with Crippen LogP contribution in [0, 0.1) is 18.6 Å². The largest absolute Gasteiger partial charge is 0.478 e. The van der Waals surface area contributed by atoms with Gasteiger partial charge in [-0.2, -0.15) is 0 Å². The van der Waals surface area contributed by atoms with Gasteiger partial charge in [0.25, 0.3) is 0 Å². The van der Waals surface area contributed by atoms with E-state index in [1.165, 1.54) is 19.1 Å². The summed E-state index contributed by atoms with van der Waals surface area (Å²) in [5, 5.41) is 11.6. The normalized spacial score (nSPS) is 10.3. The second kappa shape index (κ2) is 5.16. The predicted molar refractivity (Wildman–Crippen MR) is 72.2 cm³/mol. The van der Waals surface area contributed by atoms with E-state index < -0.39 is 17.6 Å². The Morgan fingerprint density at radius 1 is 1.20 bits per heavy atom. The van der Waals surface area contributed by atoms with Crippen molar-refractivity contribution in [3.63, 3.8) is 0 Å². The average molecular weight is 278 g/mol. The Labute approximate surface area is 113 Å². The lowest BCUT2D eigenvalue weighted by Gasteiger charge is -2.12. The van der Waals surface area contributed by atoms with Gasteiger partial charge in [-0.15, -0.1) is 0 Å². The van der Waals surface area contributed by atoms with E-state index >= 15 is 0 Å². The van der Waals surface area contributed by atoms with E-state index in [1.54, 1.807) is 6.07 Å². The fourth-order valence-electron chi connectivity index (χ4n) is 1.76. The molecule has 6 heteroatoms. The maximum atomic E-state index is 13.8. The summed E-state index contributed by atoms with van der Waals surface area (Å²) in [5.74, 6) is -2.41. The van der Waals surface area contributed by atoms with Gasteiger partial charge in [0.05, 0.1) is 11.3 Å². The number of nitrogens with two attached hydrogens (primary N) is 1. The molecule has 2 rings (SSSR count). The highest BCUT2D eigenvalue weighted by atomic mass is 19.1. The van der Waals surface area contributed by atoms with Crippen molar-refractivity contribution < 1.29 is 18.7 Å². The van der Waals surface area contributed by atoms with Gasteiger partial charge in [0.15, 0.2) is 0 Å². The van der Waals surface area contributed by atoms with Crippen LogP contribution in [0.1, 0.15) is 15.9 Å². The van der Waals surface area contributed by atoms with Crippen molar-refractivity contribution in [1.29, 1.82) is 0 Å². The molecular formula is C14H12F2N2O2. The second-order valence-electron chi connectivity index (χ2n) is 4.26. The lowest BCUT2D eigenvalue weighted by molar-refractivity contribution is 0.0698. The fourth-order valence-corrected chi connectivity index (χ4v) is 1.76. The molecular weight excluding hydrogens is 266 g/mol. The number of hydrogen-bond donors (Lipinski definition) is 3. The van der Waals surface area contributed by atoms with Crippen molar-refractivity contribution in [3.05, 3.63) is 53.1 Å². The molecule has 4 N–H and O–H groups in total. The molecule has 104 valence electrons. The maximum Gasteiger partial charge on any atom is 0.337 e. The first kappa shape index (κ1) is 13.8. The lowest BCUT2D eigenvalue weighted by Crippen LogP contribution is -2.06. The molecule has 0 bridgehead atoms. The number of nitrogens with one attached hydrogen (secondary N) is 1. The van der Waals surface area contributed by atoms with Crippen LogP contribution in [-0.4, -0.2) is 11.1 Å². The highest BCUT2D eigenvalue weighted by Crippen LogP contribution is 2.27. The van der Waals surface area contributed by atoms with Crippen molar-refractivity contribution in [2.24, 2.45) is 0 Å². The third-order valence-corrected chi connectivity index (χ3v) is 2.91. The number of aromatic carboxylic acids is 1. The molecule has 0 aliphatic carbocycles. The molecule has 0 fully saturated rings. The van der Waals surface area contributed by atoms with E-state index in [4.69, 9.17) is 10.8 Å². The highest BCUT2D eigenvalue weighted by Gasteiger charge is 2.14.